The Hall–Kier alpha value is -1.75. The molecule has 1 aromatic heterocycles. The quantitative estimate of drug-likeness (QED) is 0.879. The summed E-state index contributed by atoms with van der Waals surface area (Å²) in [5.41, 5.74) is 2.91. The predicted molar refractivity (Wildman–Crippen MR) is 81.0 cm³/mol. The lowest BCUT2D eigenvalue weighted by molar-refractivity contribution is -0.113. The molecular weight excluding hydrogens is 270 g/mol. The van der Waals surface area contributed by atoms with Gasteiger partial charge in [0, 0.05) is 24.2 Å². The molecule has 0 radical (unpaired) electrons. The molecule has 0 aliphatic heterocycles. The molecule has 1 aliphatic rings. The van der Waals surface area contributed by atoms with Crippen molar-refractivity contribution in [3.05, 3.63) is 41.6 Å². The number of carbonyl (C=O) groups excluding carboxylic acids is 1. The summed E-state index contributed by atoms with van der Waals surface area (Å²) in [6, 6.07) is 8.32. The van der Waals surface area contributed by atoms with Gasteiger partial charge in [0.2, 0.25) is 5.91 Å². The lowest BCUT2D eigenvalue weighted by Crippen LogP contribution is -2.14. The smallest absolute Gasteiger partial charge is 0.235 e. The maximum Gasteiger partial charge on any atom is 0.235 e. The zero-order valence-electron chi connectivity index (χ0n) is 11.4. The number of anilines is 1. The average Bonchev–Trinajstić information content (AvgIpc) is 3.04. The van der Waals surface area contributed by atoms with Crippen LogP contribution in [0.2, 0.25) is 0 Å². The fraction of sp³-hybridized carbons (Fsp3) is 0.333. The number of nitrogens with zero attached hydrogens (tertiary/aromatic N) is 2. The van der Waals surface area contributed by atoms with Crippen molar-refractivity contribution in [1.82, 2.24) is 9.78 Å². The van der Waals surface area contributed by atoms with E-state index in [2.05, 4.69) is 28.6 Å². The molecule has 1 aromatic carbocycles. The molecule has 0 saturated heterocycles. The summed E-state index contributed by atoms with van der Waals surface area (Å²) in [5.74, 6) is 0.997. The molecule has 104 valence electrons. The summed E-state index contributed by atoms with van der Waals surface area (Å²) in [5, 5.41) is 6.92. The second kappa shape index (κ2) is 5.71. The monoisotopic (exact) mass is 287 g/mol. The SMILES string of the molecule is Cn1ccc(NC(=O)CSc2ccc3c(c2)CCC3)n1. The van der Waals surface area contributed by atoms with Gasteiger partial charge in [-0.2, -0.15) is 5.10 Å². The van der Waals surface area contributed by atoms with Crippen LogP contribution < -0.4 is 5.32 Å². The third-order valence-electron chi connectivity index (χ3n) is 3.42. The predicted octanol–water partition coefficient (Wildman–Crippen LogP) is 2.64. The minimum absolute atomic E-state index is 0.0193. The Kier molecular flexibility index (Phi) is 3.78. The Bertz CT molecular complexity index is 636. The Morgan fingerprint density at radius 3 is 3.00 bits per heavy atom. The highest BCUT2D eigenvalue weighted by molar-refractivity contribution is 8.00. The van der Waals surface area contributed by atoms with Crippen LogP contribution in [0.1, 0.15) is 17.5 Å². The number of aryl methyl sites for hydroxylation is 3. The zero-order valence-corrected chi connectivity index (χ0v) is 12.2. The van der Waals surface area contributed by atoms with E-state index in [4.69, 9.17) is 0 Å². The maximum atomic E-state index is 11.8. The molecule has 0 bridgehead atoms. The summed E-state index contributed by atoms with van der Waals surface area (Å²) in [6.07, 6.45) is 5.43. The second-order valence-corrected chi connectivity index (χ2v) is 6.04. The molecule has 0 saturated carbocycles. The minimum atomic E-state index is -0.0193. The molecule has 4 nitrogen and oxygen atoms in total. The topological polar surface area (TPSA) is 46.9 Å². The van der Waals surface area contributed by atoms with Crippen LogP contribution in [-0.2, 0) is 24.7 Å². The van der Waals surface area contributed by atoms with Crippen molar-refractivity contribution in [2.45, 2.75) is 24.2 Å². The third kappa shape index (κ3) is 3.04. The molecule has 20 heavy (non-hydrogen) atoms. The average molecular weight is 287 g/mol. The third-order valence-corrected chi connectivity index (χ3v) is 4.41. The molecule has 5 heteroatoms. The number of aromatic nitrogens is 2. The maximum absolute atomic E-state index is 11.8. The van der Waals surface area contributed by atoms with Gasteiger partial charge in [-0.1, -0.05) is 6.07 Å². The Morgan fingerprint density at radius 2 is 2.20 bits per heavy atom. The molecule has 0 unspecified atom stereocenters. The summed E-state index contributed by atoms with van der Waals surface area (Å²) in [4.78, 5) is 13.0. The lowest BCUT2D eigenvalue weighted by atomic mass is 10.1. The number of amides is 1. The van der Waals surface area contributed by atoms with E-state index in [1.807, 2.05) is 13.2 Å². The zero-order chi connectivity index (χ0) is 13.9. The standard InChI is InChI=1S/C15H17N3OS/c1-18-8-7-14(17-18)16-15(19)10-20-13-6-5-11-3-2-4-12(11)9-13/h5-9H,2-4,10H2,1H3,(H,16,17,19). The van der Waals surface area contributed by atoms with E-state index in [1.54, 1.807) is 22.5 Å². The van der Waals surface area contributed by atoms with Crippen LogP contribution in [-0.4, -0.2) is 21.4 Å². The van der Waals surface area contributed by atoms with Gasteiger partial charge >= 0.3 is 0 Å². The summed E-state index contributed by atoms with van der Waals surface area (Å²) >= 11 is 1.57. The van der Waals surface area contributed by atoms with Gasteiger partial charge in [-0.25, -0.2) is 0 Å². The molecule has 0 atom stereocenters. The second-order valence-electron chi connectivity index (χ2n) is 5.00. The van der Waals surface area contributed by atoms with E-state index in [1.165, 1.54) is 35.3 Å². The summed E-state index contributed by atoms with van der Waals surface area (Å²) in [7, 11) is 1.83. The van der Waals surface area contributed by atoms with E-state index in [0.717, 1.165) is 0 Å². The number of nitrogens with one attached hydrogen (secondary N) is 1. The largest absolute Gasteiger partial charge is 0.308 e. The van der Waals surface area contributed by atoms with Crippen LogP contribution in [0.25, 0.3) is 0 Å². The van der Waals surface area contributed by atoms with E-state index in [-0.39, 0.29) is 5.91 Å². The van der Waals surface area contributed by atoms with Gasteiger partial charge in [-0.05, 0) is 42.5 Å². The van der Waals surface area contributed by atoms with Crippen LogP contribution in [0.5, 0.6) is 0 Å². The van der Waals surface area contributed by atoms with E-state index in [9.17, 15) is 4.79 Å². The van der Waals surface area contributed by atoms with Crippen LogP contribution >= 0.6 is 11.8 Å². The van der Waals surface area contributed by atoms with Crippen molar-refractivity contribution in [3.63, 3.8) is 0 Å². The van der Waals surface area contributed by atoms with Crippen molar-refractivity contribution in [3.8, 4) is 0 Å². The minimum Gasteiger partial charge on any atom is -0.308 e. The fourth-order valence-electron chi connectivity index (χ4n) is 2.45. The number of thioether (sulfide) groups is 1. The van der Waals surface area contributed by atoms with Gasteiger partial charge in [0.1, 0.15) is 0 Å². The first-order valence-electron chi connectivity index (χ1n) is 6.75. The number of fused-ring (bicyclic) bond motifs is 1. The Morgan fingerprint density at radius 1 is 1.35 bits per heavy atom. The summed E-state index contributed by atoms with van der Waals surface area (Å²) in [6.45, 7) is 0. The molecule has 2 aromatic rings. The van der Waals surface area contributed by atoms with Crippen molar-refractivity contribution >= 4 is 23.5 Å². The molecule has 1 N–H and O–H groups in total. The highest BCUT2D eigenvalue weighted by Crippen LogP contribution is 2.27. The Balaban J connectivity index is 1.55. The molecule has 0 fully saturated rings. The summed E-state index contributed by atoms with van der Waals surface area (Å²) < 4.78 is 1.67. The highest BCUT2D eigenvalue weighted by Gasteiger charge is 2.12. The highest BCUT2D eigenvalue weighted by atomic mass is 32.2. The van der Waals surface area contributed by atoms with Gasteiger partial charge in [0.05, 0.1) is 5.75 Å². The number of hydrogen-bond acceptors (Lipinski definition) is 3. The number of benzene rings is 1. The van der Waals surface area contributed by atoms with Crippen molar-refractivity contribution in [2.75, 3.05) is 11.1 Å². The number of rotatable bonds is 4. The normalized spacial score (nSPS) is 13.2. The van der Waals surface area contributed by atoms with Crippen molar-refractivity contribution in [2.24, 2.45) is 7.05 Å². The van der Waals surface area contributed by atoms with Crippen molar-refractivity contribution < 1.29 is 4.79 Å². The molecular formula is C15H17N3OS. The molecule has 1 amide bonds. The van der Waals surface area contributed by atoms with Crippen molar-refractivity contribution in [1.29, 1.82) is 0 Å². The van der Waals surface area contributed by atoms with Gasteiger partial charge < -0.3 is 5.32 Å². The van der Waals surface area contributed by atoms with Gasteiger partial charge in [-0.3, -0.25) is 9.48 Å². The van der Waals surface area contributed by atoms with Gasteiger partial charge in [-0.15, -0.1) is 11.8 Å². The van der Waals surface area contributed by atoms with E-state index >= 15 is 0 Å². The molecule has 3 rings (SSSR count). The molecule has 0 spiro atoms. The first kappa shape index (κ1) is 13.2. The Labute approximate surface area is 122 Å². The van der Waals surface area contributed by atoms with Crippen LogP contribution in [0.15, 0.2) is 35.4 Å². The lowest BCUT2D eigenvalue weighted by Gasteiger charge is -2.05. The van der Waals surface area contributed by atoms with Crippen LogP contribution in [0, 0.1) is 0 Å². The first-order chi connectivity index (χ1) is 9.70. The van der Waals surface area contributed by atoms with Gasteiger partial charge in [0.25, 0.3) is 0 Å². The molecule has 1 heterocycles. The number of carbonyl (C=O) groups is 1. The van der Waals surface area contributed by atoms with Crippen LogP contribution in [0.4, 0.5) is 5.82 Å². The first-order valence-corrected chi connectivity index (χ1v) is 7.73. The number of hydrogen-bond donors (Lipinski definition) is 1. The fourth-order valence-corrected chi connectivity index (χ4v) is 3.21. The van der Waals surface area contributed by atoms with Gasteiger partial charge in [0.15, 0.2) is 5.82 Å². The van der Waals surface area contributed by atoms with Crippen LogP contribution in [0.3, 0.4) is 0 Å². The van der Waals surface area contributed by atoms with E-state index < -0.39 is 0 Å². The molecule has 1 aliphatic carbocycles. The van der Waals surface area contributed by atoms with E-state index in [0.29, 0.717) is 11.6 Å².